The summed E-state index contributed by atoms with van der Waals surface area (Å²) in [5, 5.41) is 3.32. The summed E-state index contributed by atoms with van der Waals surface area (Å²) in [6.07, 6.45) is 1.24. The van der Waals surface area contributed by atoms with Gasteiger partial charge in [-0.05, 0) is 43.9 Å². The molecule has 2 aliphatic rings. The second-order valence-corrected chi connectivity index (χ2v) is 13.3. The Bertz CT molecular complexity index is 1250. The summed E-state index contributed by atoms with van der Waals surface area (Å²) in [7, 11) is -3.64. The van der Waals surface area contributed by atoms with Crippen molar-refractivity contribution in [1.29, 1.82) is 0 Å². The molecule has 2 aromatic rings. The molecule has 4 rings (SSSR count). The van der Waals surface area contributed by atoms with E-state index in [4.69, 9.17) is 16.3 Å². The predicted molar refractivity (Wildman–Crippen MR) is 135 cm³/mol. The Morgan fingerprint density at radius 1 is 1.17 bits per heavy atom. The molecule has 9 nitrogen and oxygen atoms in total. The highest BCUT2D eigenvalue weighted by molar-refractivity contribution is 7.91. The van der Waals surface area contributed by atoms with Gasteiger partial charge in [0.05, 0.1) is 23.1 Å². The first-order valence-electron chi connectivity index (χ1n) is 11.2. The van der Waals surface area contributed by atoms with Crippen LogP contribution in [0, 0.1) is 5.92 Å². The lowest BCUT2D eigenvalue weighted by molar-refractivity contribution is -0.129. The van der Waals surface area contributed by atoms with Crippen molar-refractivity contribution >= 4 is 67.1 Å². The van der Waals surface area contributed by atoms with Crippen molar-refractivity contribution in [2.24, 2.45) is 5.92 Å². The van der Waals surface area contributed by atoms with E-state index in [2.05, 4.69) is 5.32 Å². The molecule has 1 fully saturated rings. The molecular weight excluding hydrogens is 534 g/mol. The predicted octanol–water partition coefficient (Wildman–Crippen LogP) is 3.58. The number of nitrogens with zero attached hydrogens (tertiary/aromatic N) is 2. The van der Waals surface area contributed by atoms with Gasteiger partial charge in [0.1, 0.15) is 9.21 Å². The third-order valence-electron chi connectivity index (χ3n) is 6.19. The Morgan fingerprint density at radius 2 is 1.89 bits per heavy atom. The number of carbonyl (C=O) groups is 3. The van der Waals surface area contributed by atoms with E-state index in [0.717, 1.165) is 21.8 Å². The SMILES string of the molecule is CCOC(=O)c1c(NC(=O)C2CCN(S(=O)(=O)c3ccc(Cl)s3)CC2)sc2c1CCN(C(C)=O)C2. The molecule has 1 saturated heterocycles. The van der Waals surface area contributed by atoms with Crippen molar-refractivity contribution in [3.8, 4) is 0 Å². The minimum atomic E-state index is -3.64. The standard InChI is InChI=1S/C22H26ClN3O6S3/c1-3-32-22(29)19-15-8-9-25(13(2)27)12-16(15)33-21(19)24-20(28)14-6-10-26(11-7-14)35(30,31)18-5-4-17(23)34-18/h4-5,14H,3,6-12H2,1-2H3,(H,24,28). The zero-order valence-corrected chi connectivity index (χ0v) is 22.5. The highest BCUT2D eigenvalue weighted by Crippen LogP contribution is 2.38. The van der Waals surface area contributed by atoms with E-state index in [-0.39, 0.29) is 35.7 Å². The number of thiophene rings is 2. The van der Waals surface area contributed by atoms with Gasteiger partial charge in [0.15, 0.2) is 0 Å². The molecule has 2 amide bonds. The average molecular weight is 560 g/mol. The van der Waals surface area contributed by atoms with Gasteiger partial charge in [0.25, 0.3) is 10.0 Å². The molecule has 35 heavy (non-hydrogen) atoms. The lowest BCUT2D eigenvalue weighted by Crippen LogP contribution is -2.41. The highest BCUT2D eigenvalue weighted by atomic mass is 35.5. The molecule has 190 valence electrons. The summed E-state index contributed by atoms with van der Waals surface area (Å²) >= 11 is 8.19. The number of rotatable bonds is 6. The summed E-state index contributed by atoms with van der Waals surface area (Å²) in [6, 6.07) is 3.04. The van der Waals surface area contributed by atoms with Crippen LogP contribution in [0.1, 0.15) is 47.5 Å². The molecule has 0 spiro atoms. The Hall–Kier alpha value is -1.99. The van der Waals surface area contributed by atoms with E-state index in [1.807, 2.05) is 0 Å². The number of hydrogen-bond acceptors (Lipinski definition) is 8. The van der Waals surface area contributed by atoms with Gasteiger partial charge >= 0.3 is 5.97 Å². The van der Waals surface area contributed by atoms with Crippen LogP contribution in [-0.2, 0) is 37.3 Å². The molecule has 0 aromatic carbocycles. The number of sulfonamides is 1. The number of halogens is 1. The second kappa shape index (κ2) is 10.6. The topological polar surface area (TPSA) is 113 Å². The highest BCUT2D eigenvalue weighted by Gasteiger charge is 2.35. The van der Waals surface area contributed by atoms with Crippen molar-refractivity contribution in [1.82, 2.24) is 9.21 Å². The number of hydrogen-bond donors (Lipinski definition) is 1. The third-order valence-corrected chi connectivity index (χ3v) is 10.9. The number of ether oxygens (including phenoxy) is 1. The molecule has 1 N–H and O–H groups in total. The number of anilines is 1. The number of piperidine rings is 1. The first-order chi connectivity index (χ1) is 16.6. The van der Waals surface area contributed by atoms with Gasteiger partial charge in [-0.2, -0.15) is 4.31 Å². The fourth-order valence-corrected chi connectivity index (χ4v) is 8.68. The van der Waals surface area contributed by atoms with Crippen LogP contribution in [-0.4, -0.2) is 61.6 Å². The molecule has 13 heteroatoms. The summed E-state index contributed by atoms with van der Waals surface area (Å²) in [6.45, 7) is 4.76. The van der Waals surface area contributed by atoms with E-state index in [0.29, 0.717) is 47.3 Å². The normalized spacial score (nSPS) is 17.2. The van der Waals surface area contributed by atoms with E-state index in [1.54, 1.807) is 17.9 Å². The van der Waals surface area contributed by atoms with Crippen molar-refractivity contribution in [2.45, 2.75) is 43.9 Å². The number of nitrogens with one attached hydrogen (secondary N) is 1. The van der Waals surface area contributed by atoms with Gasteiger partial charge in [-0.25, -0.2) is 13.2 Å². The third kappa shape index (κ3) is 5.41. The Balaban J connectivity index is 1.47. The average Bonchev–Trinajstić information content (AvgIpc) is 3.42. The van der Waals surface area contributed by atoms with Crippen LogP contribution >= 0.6 is 34.3 Å². The van der Waals surface area contributed by atoms with Gasteiger partial charge in [0.2, 0.25) is 11.8 Å². The molecule has 0 radical (unpaired) electrons. The quantitative estimate of drug-likeness (QED) is 0.541. The van der Waals surface area contributed by atoms with Gasteiger partial charge in [-0.1, -0.05) is 11.6 Å². The minimum absolute atomic E-state index is 0.0427. The van der Waals surface area contributed by atoms with E-state index >= 15 is 0 Å². The Morgan fingerprint density at radius 3 is 2.49 bits per heavy atom. The maximum atomic E-state index is 13.1. The van der Waals surface area contributed by atoms with Gasteiger partial charge in [-0.15, -0.1) is 22.7 Å². The number of fused-ring (bicyclic) bond motifs is 1. The van der Waals surface area contributed by atoms with Crippen LogP contribution in [0.4, 0.5) is 5.00 Å². The second-order valence-electron chi connectivity index (χ2n) is 8.35. The van der Waals surface area contributed by atoms with Gasteiger partial charge in [-0.3, -0.25) is 9.59 Å². The van der Waals surface area contributed by atoms with E-state index < -0.39 is 21.9 Å². The largest absolute Gasteiger partial charge is 0.462 e. The molecular formula is C22H26ClN3O6S3. The number of amides is 2. The van der Waals surface area contributed by atoms with Gasteiger partial charge in [0, 0.05) is 37.4 Å². The van der Waals surface area contributed by atoms with Crippen LogP contribution in [0.15, 0.2) is 16.3 Å². The van der Waals surface area contributed by atoms with E-state index in [1.165, 1.54) is 28.6 Å². The lowest BCUT2D eigenvalue weighted by atomic mass is 9.97. The summed E-state index contributed by atoms with van der Waals surface area (Å²) in [4.78, 5) is 40.2. The van der Waals surface area contributed by atoms with Crippen molar-refractivity contribution in [3.63, 3.8) is 0 Å². The molecule has 0 aliphatic carbocycles. The first kappa shape index (κ1) is 26.1. The van der Waals surface area contributed by atoms with Crippen molar-refractivity contribution < 1.29 is 27.5 Å². The van der Waals surface area contributed by atoms with Crippen LogP contribution in [0.3, 0.4) is 0 Å². The maximum Gasteiger partial charge on any atom is 0.341 e. The maximum absolute atomic E-state index is 13.1. The molecule has 2 aliphatic heterocycles. The first-order valence-corrected chi connectivity index (χ1v) is 14.7. The van der Waals surface area contributed by atoms with Crippen LogP contribution in [0.25, 0.3) is 0 Å². The molecule has 0 atom stereocenters. The van der Waals surface area contributed by atoms with Crippen LogP contribution in [0.5, 0.6) is 0 Å². The molecule has 4 heterocycles. The molecule has 2 aromatic heterocycles. The number of esters is 1. The van der Waals surface area contributed by atoms with Gasteiger partial charge < -0.3 is 15.0 Å². The molecule has 0 saturated carbocycles. The molecule has 0 unspecified atom stereocenters. The van der Waals surface area contributed by atoms with Crippen LogP contribution in [0.2, 0.25) is 4.34 Å². The minimum Gasteiger partial charge on any atom is -0.462 e. The smallest absolute Gasteiger partial charge is 0.341 e. The zero-order valence-electron chi connectivity index (χ0n) is 19.3. The summed E-state index contributed by atoms with van der Waals surface area (Å²) < 4.78 is 32.9. The van der Waals surface area contributed by atoms with Crippen LogP contribution < -0.4 is 5.32 Å². The van der Waals surface area contributed by atoms with E-state index in [9.17, 15) is 22.8 Å². The zero-order chi connectivity index (χ0) is 25.3. The fourth-order valence-electron chi connectivity index (χ4n) is 4.32. The molecule has 0 bridgehead atoms. The Kier molecular flexibility index (Phi) is 7.86. The van der Waals surface area contributed by atoms with Crippen molar-refractivity contribution in [3.05, 3.63) is 32.5 Å². The lowest BCUT2D eigenvalue weighted by Gasteiger charge is -2.30. The summed E-state index contributed by atoms with van der Waals surface area (Å²) in [5.74, 6) is -1.18. The number of carbonyl (C=O) groups excluding carboxylic acids is 3. The monoisotopic (exact) mass is 559 g/mol. The Labute approximate surface area is 217 Å². The summed E-state index contributed by atoms with van der Waals surface area (Å²) in [5.41, 5.74) is 1.18. The van der Waals surface area contributed by atoms with Crippen molar-refractivity contribution in [2.75, 3.05) is 31.6 Å². The fraction of sp³-hybridized carbons (Fsp3) is 0.500.